The van der Waals surface area contributed by atoms with Crippen LogP contribution in [0.4, 0.5) is 0 Å². The molecule has 0 saturated heterocycles. The van der Waals surface area contributed by atoms with E-state index in [1.54, 1.807) is 13.8 Å². The van der Waals surface area contributed by atoms with Gasteiger partial charge in [-0.15, -0.1) is 0 Å². The van der Waals surface area contributed by atoms with Crippen LogP contribution in [0.2, 0.25) is 0 Å². The highest BCUT2D eigenvalue weighted by Crippen LogP contribution is 2.16. The molecule has 0 aromatic rings. The lowest BCUT2D eigenvalue weighted by molar-refractivity contribution is -0.148. The first-order chi connectivity index (χ1) is 5.84. The van der Waals surface area contributed by atoms with Crippen LogP contribution in [0.15, 0.2) is 0 Å². The summed E-state index contributed by atoms with van der Waals surface area (Å²) in [6.45, 7) is 4.72. The second-order valence-corrected chi connectivity index (χ2v) is 3.41. The summed E-state index contributed by atoms with van der Waals surface area (Å²) >= 11 is 0. The van der Waals surface area contributed by atoms with E-state index in [-0.39, 0.29) is 12.5 Å². The van der Waals surface area contributed by atoms with Crippen molar-refractivity contribution >= 4 is 11.9 Å². The minimum atomic E-state index is -1.24. The topological polar surface area (TPSA) is 92.4 Å². The number of nitrogens with two attached hydrogens (primary N) is 1. The van der Waals surface area contributed by atoms with Gasteiger partial charge in [-0.1, -0.05) is 13.8 Å². The normalized spacial score (nSPS) is 15.2. The maximum absolute atomic E-state index is 10.9. The molecule has 0 radical (unpaired) electrons. The van der Waals surface area contributed by atoms with Gasteiger partial charge in [-0.3, -0.25) is 4.79 Å². The minimum absolute atomic E-state index is 0.194. The van der Waals surface area contributed by atoms with Gasteiger partial charge in [0.25, 0.3) is 0 Å². The lowest BCUT2D eigenvalue weighted by atomic mass is 9.88. The molecule has 76 valence electrons. The fourth-order valence-corrected chi connectivity index (χ4v) is 0.785. The van der Waals surface area contributed by atoms with Crippen molar-refractivity contribution < 1.29 is 14.7 Å². The van der Waals surface area contributed by atoms with Crippen molar-refractivity contribution in [3.63, 3.8) is 0 Å². The Kier molecular flexibility index (Phi) is 3.87. The van der Waals surface area contributed by atoms with Gasteiger partial charge >= 0.3 is 5.97 Å². The van der Waals surface area contributed by atoms with Gasteiger partial charge in [0, 0.05) is 0 Å². The number of nitrogens with one attached hydrogen (secondary N) is 1. The van der Waals surface area contributed by atoms with Gasteiger partial charge in [-0.05, 0) is 12.8 Å². The largest absolute Gasteiger partial charge is 0.480 e. The number of hydrogen-bond donors (Lipinski definition) is 3. The van der Waals surface area contributed by atoms with Crippen LogP contribution in [0.25, 0.3) is 0 Å². The first-order valence-electron chi connectivity index (χ1n) is 4.09. The monoisotopic (exact) mass is 188 g/mol. The van der Waals surface area contributed by atoms with Crippen molar-refractivity contribution in [1.29, 1.82) is 0 Å². The number of carboxylic acid groups (broad SMARTS) is 1. The Morgan fingerprint density at radius 3 is 2.23 bits per heavy atom. The van der Waals surface area contributed by atoms with Crippen LogP contribution in [0, 0.1) is 5.92 Å². The lowest BCUT2D eigenvalue weighted by Crippen LogP contribution is -2.57. The third kappa shape index (κ3) is 2.69. The lowest BCUT2D eigenvalue weighted by Gasteiger charge is -2.29. The van der Waals surface area contributed by atoms with Crippen LogP contribution in [-0.4, -0.2) is 29.1 Å². The molecule has 0 fully saturated rings. The van der Waals surface area contributed by atoms with Gasteiger partial charge in [0.05, 0.1) is 6.54 Å². The summed E-state index contributed by atoms with van der Waals surface area (Å²) in [6.07, 6.45) is 0. The number of amides is 1. The number of carbonyl (C=O) groups excluding carboxylic acids is 1. The van der Waals surface area contributed by atoms with Gasteiger partial charge < -0.3 is 16.2 Å². The summed E-state index contributed by atoms with van der Waals surface area (Å²) in [7, 11) is 0. The molecule has 0 spiro atoms. The zero-order valence-electron chi connectivity index (χ0n) is 8.13. The van der Waals surface area contributed by atoms with Gasteiger partial charge in [-0.25, -0.2) is 4.79 Å². The molecule has 0 saturated carbocycles. The zero-order chi connectivity index (χ0) is 10.6. The Morgan fingerprint density at radius 2 is 2.00 bits per heavy atom. The summed E-state index contributed by atoms with van der Waals surface area (Å²) in [5.74, 6) is -1.71. The highest BCUT2D eigenvalue weighted by atomic mass is 16.4. The molecule has 0 aliphatic carbocycles. The molecule has 5 nitrogen and oxygen atoms in total. The molecule has 1 amide bonds. The molecule has 0 aliphatic rings. The molecule has 0 aliphatic heterocycles. The van der Waals surface area contributed by atoms with Crippen molar-refractivity contribution in [2.75, 3.05) is 6.54 Å². The van der Waals surface area contributed by atoms with Crippen LogP contribution in [0.1, 0.15) is 20.8 Å². The Labute approximate surface area is 77.3 Å². The minimum Gasteiger partial charge on any atom is -0.480 e. The van der Waals surface area contributed by atoms with Crippen LogP contribution in [0.3, 0.4) is 0 Å². The maximum Gasteiger partial charge on any atom is 0.329 e. The Balaban J connectivity index is 4.61. The maximum atomic E-state index is 10.9. The molecule has 0 unspecified atom stereocenters. The molecule has 0 heterocycles. The van der Waals surface area contributed by atoms with Crippen LogP contribution < -0.4 is 11.1 Å². The standard InChI is InChI=1S/C8H16N2O3/c1-5(2)8(3,7(12)13)10-6(11)4-9/h5H,4,9H2,1-3H3,(H,10,11)(H,12,13)/t8-/m1/s1. The Bertz CT molecular complexity index is 215. The van der Waals surface area contributed by atoms with E-state index in [4.69, 9.17) is 10.8 Å². The molecule has 0 aromatic heterocycles. The van der Waals surface area contributed by atoms with E-state index in [1.165, 1.54) is 6.92 Å². The molecular weight excluding hydrogens is 172 g/mol. The predicted molar refractivity (Wildman–Crippen MR) is 48.1 cm³/mol. The van der Waals surface area contributed by atoms with Crippen molar-refractivity contribution in [3.05, 3.63) is 0 Å². The van der Waals surface area contributed by atoms with Crippen molar-refractivity contribution in [2.24, 2.45) is 11.7 Å². The first-order valence-corrected chi connectivity index (χ1v) is 4.09. The fraction of sp³-hybridized carbons (Fsp3) is 0.750. The average molecular weight is 188 g/mol. The second kappa shape index (κ2) is 4.23. The van der Waals surface area contributed by atoms with E-state index in [2.05, 4.69) is 5.32 Å². The summed E-state index contributed by atoms with van der Waals surface area (Å²) in [4.78, 5) is 21.8. The highest BCUT2D eigenvalue weighted by Gasteiger charge is 2.37. The SMILES string of the molecule is CC(C)[C@@](C)(NC(=O)CN)C(=O)O. The van der Waals surface area contributed by atoms with Gasteiger partial charge in [-0.2, -0.15) is 0 Å². The quantitative estimate of drug-likeness (QED) is 0.557. The molecule has 0 bridgehead atoms. The number of carboxylic acids is 1. The average Bonchev–Trinajstić information content (AvgIpc) is 2.03. The molecule has 0 rings (SSSR count). The van der Waals surface area contributed by atoms with E-state index in [0.29, 0.717) is 0 Å². The van der Waals surface area contributed by atoms with E-state index in [1.807, 2.05) is 0 Å². The fourth-order valence-electron chi connectivity index (χ4n) is 0.785. The van der Waals surface area contributed by atoms with E-state index in [0.717, 1.165) is 0 Å². The number of rotatable bonds is 4. The van der Waals surface area contributed by atoms with Crippen LogP contribution >= 0.6 is 0 Å². The summed E-state index contributed by atoms with van der Waals surface area (Å²) < 4.78 is 0. The predicted octanol–water partition coefficient (Wildman–Crippen LogP) is -0.439. The first kappa shape index (κ1) is 11.9. The molecular formula is C8H16N2O3. The summed E-state index contributed by atoms with van der Waals surface area (Å²) in [5, 5.41) is 11.3. The zero-order valence-corrected chi connectivity index (χ0v) is 8.13. The van der Waals surface area contributed by atoms with Crippen LogP contribution in [0.5, 0.6) is 0 Å². The smallest absolute Gasteiger partial charge is 0.329 e. The third-order valence-electron chi connectivity index (χ3n) is 2.18. The molecule has 5 heteroatoms. The Morgan fingerprint density at radius 1 is 1.54 bits per heavy atom. The third-order valence-corrected chi connectivity index (χ3v) is 2.18. The molecule has 4 N–H and O–H groups in total. The van der Waals surface area contributed by atoms with Crippen LogP contribution in [-0.2, 0) is 9.59 Å². The van der Waals surface area contributed by atoms with Crippen molar-refractivity contribution in [2.45, 2.75) is 26.3 Å². The van der Waals surface area contributed by atoms with E-state index >= 15 is 0 Å². The van der Waals surface area contributed by atoms with E-state index < -0.39 is 17.4 Å². The second-order valence-electron chi connectivity index (χ2n) is 3.41. The molecule has 13 heavy (non-hydrogen) atoms. The number of carbonyl (C=O) groups is 2. The summed E-state index contributed by atoms with van der Waals surface area (Å²) in [5.41, 5.74) is 3.83. The number of hydrogen-bond acceptors (Lipinski definition) is 3. The van der Waals surface area contributed by atoms with E-state index in [9.17, 15) is 9.59 Å². The highest BCUT2D eigenvalue weighted by molar-refractivity contribution is 5.87. The van der Waals surface area contributed by atoms with Gasteiger partial charge in [0.2, 0.25) is 5.91 Å². The van der Waals surface area contributed by atoms with Gasteiger partial charge in [0.1, 0.15) is 5.54 Å². The molecule has 0 aromatic carbocycles. The number of aliphatic carboxylic acids is 1. The Hall–Kier alpha value is -1.10. The summed E-state index contributed by atoms with van der Waals surface area (Å²) in [6, 6.07) is 0. The van der Waals surface area contributed by atoms with Crippen molar-refractivity contribution in [3.8, 4) is 0 Å². The molecule has 1 atom stereocenters. The van der Waals surface area contributed by atoms with Gasteiger partial charge in [0.15, 0.2) is 0 Å². The van der Waals surface area contributed by atoms with Crippen molar-refractivity contribution in [1.82, 2.24) is 5.32 Å².